The third-order valence-corrected chi connectivity index (χ3v) is 20.7. The van der Waals surface area contributed by atoms with Crippen LogP contribution in [-0.4, -0.2) is 93.8 Å². The maximum Gasteiger partial charge on any atom is 0.432 e. The number of likely N-dealkylation sites (tertiary alicyclic amines) is 2. The zero-order valence-corrected chi connectivity index (χ0v) is 45.1. The van der Waals surface area contributed by atoms with E-state index < -0.39 is 108 Å². The zero-order valence-electron chi connectivity index (χ0n) is 40.3. The number of benzene rings is 4. The molecule has 0 radical (unpaired) electrons. The Morgan fingerprint density at radius 1 is 0.526 bits per heavy atom. The van der Waals surface area contributed by atoms with E-state index in [2.05, 4.69) is 41.8 Å². The van der Waals surface area contributed by atoms with Crippen LogP contribution in [0.2, 0.25) is 0 Å². The van der Waals surface area contributed by atoms with Gasteiger partial charge in [0.1, 0.15) is 15.3 Å². The van der Waals surface area contributed by atoms with Gasteiger partial charge in [0.05, 0.1) is 9.79 Å². The number of sulfone groups is 2. The number of pyridine rings is 2. The molecule has 0 bridgehead atoms. The molecule has 2 saturated heterocycles. The minimum Gasteiger partial charge on any atom is -0.300 e. The van der Waals surface area contributed by atoms with Crippen molar-refractivity contribution < 1.29 is 74.3 Å². The molecule has 2 fully saturated rings. The fraction of sp³-hybridized carbons (Fsp3) is 0.340. The number of alkyl halides is 12. The van der Waals surface area contributed by atoms with Crippen LogP contribution in [0.15, 0.2) is 165 Å². The van der Waals surface area contributed by atoms with Crippen molar-refractivity contribution in [1.29, 1.82) is 0 Å². The molecular weight excluding hydrogens is 1220 g/mol. The highest BCUT2D eigenvalue weighted by molar-refractivity contribution is 9.10. The van der Waals surface area contributed by atoms with Crippen LogP contribution in [0.5, 0.6) is 0 Å². The Labute approximate surface area is 457 Å². The van der Waals surface area contributed by atoms with Crippen molar-refractivity contribution in [2.24, 2.45) is 0 Å². The summed E-state index contributed by atoms with van der Waals surface area (Å²) in [5, 5.41) is 0. The van der Waals surface area contributed by atoms with Crippen molar-refractivity contribution in [3.8, 4) is 0 Å². The zero-order chi connectivity index (χ0) is 56.9. The number of hydrogen-bond acceptors (Lipinski definition) is 9. The summed E-state index contributed by atoms with van der Waals surface area (Å²) in [6.45, 7) is -1.04. The van der Waals surface area contributed by atoms with Gasteiger partial charge in [0.15, 0.2) is 19.7 Å². The summed E-state index contributed by atoms with van der Waals surface area (Å²) in [5.74, 6) is -0.469. The van der Waals surface area contributed by atoms with E-state index in [9.17, 15) is 48.7 Å². The van der Waals surface area contributed by atoms with E-state index in [1.165, 1.54) is 61.2 Å². The van der Waals surface area contributed by atoms with Crippen LogP contribution in [0.25, 0.3) is 0 Å². The standard InChI is InChI=1S/C53H44Br2F12N4O5S2/c54-39-3-1-5-42(27-39)77(73,74)48(35-7-11-37(12-8-35)50(60,46(56)57)52(62,63)64)19-25-70(31-48)44(33-15-21-68-22-16-33)29-41(72)30-45(34-17-23-69-24-18-34)71-26-20-49(32-71,78(75,76)43-6-2-4-40(55)28-43)36-9-13-38(14-10-36)51(61,47(58)59)53(65,66)67/h1-18,21-24,27-28,44-47H,19-20,25-26,29-32H2. The minimum absolute atomic E-state index is 0.0830. The highest BCUT2D eigenvalue weighted by Crippen LogP contribution is 2.53. The van der Waals surface area contributed by atoms with Gasteiger partial charge < -0.3 is 0 Å². The number of rotatable bonds is 18. The summed E-state index contributed by atoms with van der Waals surface area (Å²) < 4.78 is 226. The van der Waals surface area contributed by atoms with Gasteiger partial charge in [-0.05, 0) is 95.8 Å². The maximum atomic E-state index is 15.3. The number of Topliss-reactive ketones (excluding diaryl/α,β-unsaturated/α-hetero) is 1. The molecule has 9 nitrogen and oxygen atoms in total. The normalized spacial score (nSPS) is 21.3. The fourth-order valence-corrected chi connectivity index (χ4v) is 15.9. The Morgan fingerprint density at radius 3 is 1.15 bits per heavy atom. The number of aromatic nitrogens is 2. The Hall–Kier alpha value is -5.21. The second-order valence-electron chi connectivity index (χ2n) is 19.1. The first-order valence-electron chi connectivity index (χ1n) is 23.6. The summed E-state index contributed by atoms with van der Waals surface area (Å²) >= 11 is 6.54. The molecule has 2 aromatic heterocycles. The van der Waals surface area contributed by atoms with Crippen molar-refractivity contribution in [2.45, 2.75) is 93.6 Å². The molecule has 6 aromatic rings. The lowest BCUT2D eigenvalue weighted by Crippen LogP contribution is -2.44. The van der Waals surface area contributed by atoms with E-state index in [1.54, 1.807) is 46.2 Å². The van der Waals surface area contributed by atoms with Gasteiger partial charge in [-0.1, -0.05) is 92.5 Å². The summed E-state index contributed by atoms with van der Waals surface area (Å²) in [5.41, 5.74) is -12.5. The fourth-order valence-electron chi connectivity index (χ4n) is 10.6. The Morgan fingerprint density at radius 2 is 0.859 bits per heavy atom. The summed E-state index contributed by atoms with van der Waals surface area (Å²) in [7, 11) is -9.20. The number of hydrogen-bond donors (Lipinski definition) is 0. The molecule has 4 aromatic carbocycles. The van der Waals surface area contributed by atoms with Gasteiger partial charge in [-0.15, -0.1) is 0 Å². The average Bonchev–Trinajstić information content (AvgIpc) is 4.28. The lowest BCUT2D eigenvalue weighted by Gasteiger charge is -2.35. The molecule has 2 aliphatic rings. The highest BCUT2D eigenvalue weighted by Gasteiger charge is 2.65. The third-order valence-electron chi connectivity index (χ3n) is 14.8. The van der Waals surface area contributed by atoms with Crippen LogP contribution >= 0.6 is 31.9 Å². The molecule has 8 rings (SSSR count). The number of ketones is 1. The molecule has 6 unspecified atom stereocenters. The molecule has 0 N–H and O–H groups in total. The molecule has 6 atom stereocenters. The molecule has 0 saturated carbocycles. The van der Waals surface area contributed by atoms with E-state index >= 15 is 25.6 Å². The molecule has 0 aliphatic carbocycles. The van der Waals surface area contributed by atoms with Gasteiger partial charge in [0, 0.05) is 96.0 Å². The Kier molecular flexibility index (Phi) is 16.6. The number of nitrogens with zero attached hydrogens (tertiary/aromatic N) is 4. The number of carbonyl (C=O) groups is 1. The maximum absolute atomic E-state index is 15.3. The quantitative estimate of drug-likeness (QED) is 0.0775. The summed E-state index contributed by atoms with van der Waals surface area (Å²) in [6.07, 6.45) is -16.7. The first-order valence-corrected chi connectivity index (χ1v) is 28.2. The van der Waals surface area contributed by atoms with Crippen LogP contribution in [0.1, 0.15) is 71.1 Å². The van der Waals surface area contributed by atoms with Crippen LogP contribution in [0.4, 0.5) is 52.7 Å². The topological polar surface area (TPSA) is 118 Å². The average molecular weight is 1270 g/mol. The SMILES string of the molecule is O=C(CC(c1ccncc1)N1CCC(c2ccc(C(F)(C(F)F)C(F)(F)F)cc2)(S(=O)(=O)c2cccc(Br)c2)C1)CC(c1ccncc1)N1CCC(c2ccc(C(F)(C(F)F)C(F)(F)F)cc2)(S(=O)(=O)c2cccc(Br)c2)C1. The second kappa shape index (κ2) is 22.0. The molecular formula is C53H44Br2F12N4O5S2. The summed E-state index contributed by atoms with van der Waals surface area (Å²) in [4.78, 5) is 26.0. The molecule has 0 spiro atoms. The van der Waals surface area contributed by atoms with E-state index in [1.807, 2.05) is 0 Å². The molecule has 2 aliphatic heterocycles. The predicted molar refractivity (Wildman–Crippen MR) is 269 cm³/mol. The van der Waals surface area contributed by atoms with E-state index in [0.29, 0.717) is 44.3 Å². The molecule has 4 heterocycles. The molecule has 0 amide bonds. The molecule has 78 heavy (non-hydrogen) atoms. The monoisotopic (exact) mass is 1270 g/mol. The Balaban J connectivity index is 1.16. The molecule has 25 heteroatoms. The van der Waals surface area contributed by atoms with Crippen molar-refractivity contribution >= 4 is 57.3 Å². The van der Waals surface area contributed by atoms with Gasteiger partial charge in [-0.25, -0.2) is 43.2 Å². The van der Waals surface area contributed by atoms with E-state index in [0.717, 1.165) is 24.3 Å². The van der Waals surface area contributed by atoms with Crippen LogP contribution in [-0.2, 0) is 45.3 Å². The van der Waals surface area contributed by atoms with Gasteiger partial charge in [-0.2, -0.15) is 26.3 Å². The minimum atomic E-state index is -6.05. The van der Waals surface area contributed by atoms with Gasteiger partial charge in [0.2, 0.25) is 0 Å². The van der Waals surface area contributed by atoms with Crippen LogP contribution in [0, 0.1) is 0 Å². The number of carbonyl (C=O) groups excluding carboxylic acids is 1. The lowest BCUT2D eigenvalue weighted by molar-refractivity contribution is -0.274. The van der Waals surface area contributed by atoms with Crippen molar-refractivity contribution in [3.63, 3.8) is 0 Å². The number of halogens is 14. The smallest absolute Gasteiger partial charge is 0.300 e. The van der Waals surface area contributed by atoms with Gasteiger partial charge >= 0.3 is 12.4 Å². The largest absolute Gasteiger partial charge is 0.432 e. The van der Waals surface area contributed by atoms with Crippen molar-refractivity contribution in [1.82, 2.24) is 19.8 Å². The highest BCUT2D eigenvalue weighted by atomic mass is 79.9. The van der Waals surface area contributed by atoms with Gasteiger partial charge in [-0.3, -0.25) is 24.6 Å². The molecule has 416 valence electrons. The van der Waals surface area contributed by atoms with Crippen LogP contribution < -0.4 is 0 Å². The van der Waals surface area contributed by atoms with Crippen molar-refractivity contribution in [2.75, 3.05) is 26.2 Å². The summed E-state index contributed by atoms with van der Waals surface area (Å²) in [6, 6.07) is 20.9. The first-order chi connectivity index (χ1) is 36.5. The third kappa shape index (κ3) is 10.5. The van der Waals surface area contributed by atoms with E-state index in [4.69, 9.17) is 0 Å². The Bertz CT molecular complexity index is 3130. The van der Waals surface area contributed by atoms with Crippen LogP contribution in [0.3, 0.4) is 0 Å². The van der Waals surface area contributed by atoms with E-state index in [-0.39, 0.29) is 59.7 Å². The van der Waals surface area contributed by atoms with Gasteiger partial charge in [0.25, 0.3) is 24.2 Å². The second-order valence-corrected chi connectivity index (χ2v) is 25.4. The van der Waals surface area contributed by atoms with Crippen molar-refractivity contribution in [3.05, 3.63) is 188 Å². The predicted octanol–water partition coefficient (Wildman–Crippen LogP) is 13.3. The lowest BCUT2D eigenvalue weighted by atomic mass is 9.90. The first kappa shape index (κ1) is 58.9.